The number of nitrogens with one attached hydrogen (secondary N) is 1. The van der Waals surface area contributed by atoms with Crippen LogP contribution in [0.3, 0.4) is 0 Å². The van der Waals surface area contributed by atoms with E-state index in [4.69, 9.17) is 9.47 Å². The number of carbonyl (C=O) groups excluding carboxylic acids is 2. The van der Waals surface area contributed by atoms with Gasteiger partial charge in [0.1, 0.15) is 0 Å². The van der Waals surface area contributed by atoms with Gasteiger partial charge in [0.15, 0.2) is 5.69 Å². The second-order valence-electron chi connectivity index (χ2n) is 7.15. The maximum atomic E-state index is 14.0. The molecule has 1 aromatic rings. The molecule has 3 amide bonds. The highest BCUT2D eigenvalue weighted by atomic mass is 19.3. The minimum Gasteiger partial charge on any atom is -0.385 e. The number of carbonyl (C=O) groups is 2. The Labute approximate surface area is 167 Å². The SMILES string of the molecule is COCCCNC(=O)N1CC(F)(F)C[C@H]1Cn1cc(C(=O)N2CCOCC2)nn1. The highest BCUT2D eigenvalue weighted by molar-refractivity contribution is 5.92. The molecule has 0 bridgehead atoms. The molecular formula is C17H26F2N6O4. The van der Waals surface area contributed by atoms with Crippen LogP contribution in [0.1, 0.15) is 23.3 Å². The van der Waals surface area contributed by atoms with E-state index in [-0.39, 0.29) is 18.1 Å². The standard InChI is InChI=1S/C17H26F2N6O4/c1-28-6-2-3-20-16(27)25-12-17(18,19)9-13(25)10-24-11-14(21-22-24)15(26)23-4-7-29-8-5-23/h11,13H,2-10,12H2,1H3,(H,20,27)/t13-/m0/s1. The van der Waals surface area contributed by atoms with Gasteiger partial charge in [-0.1, -0.05) is 5.21 Å². The molecule has 0 unspecified atom stereocenters. The Morgan fingerprint density at radius 2 is 2.14 bits per heavy atom. The van der Waals surface area contributed by atoms with E-state index in [1.165, 1.54) is 10.9 Å². The van der Waals surface area contributed by atoms with Crippen LogP contribution >= 0.6 is 0 Å². The number of hydrogen-bond donors (Lipinski definition) is 1. The molecule has 2 aliphatic heterocycles. The summed E-state index contributed by atoms with van der Waals surface area (Å²) in [6.45, 7) is 2.06. The monoisotopic (exact) mass is 416 g/mol. The van der Waals surface area contributed by atoms with Crippen LogP contribution in [0, 0.1) is 0 Å². The second-order valence-corrected chi connectivity index (χ2v) is 7.15. The molecule has 162 valence electrons. The van der Waals surface area contributed by atoms with E-state index in [1.807, 2.05) is 0 Å². The van der Waals surface area contributed by atoms with E-state index in [9.17, 15) is 18.4 Å². The van der Waals surface area contributed by atoms with Crippen LogP contribution < -0.4 is 5.32 Å². The summed E-state index contributed by atoms with van der Waals surface area (Å²) in [5.41, 5.74) is 0.146. The van der Waals surface area contributed by atoms with E-state index in [2.05, 4.69) is 15.6 Å². The fourth-order valence-electron chi connectivity index (χ4n) is 3.44. The molecule has 10 nitrogen and oxygen atoms in total. The number of methoxy groups -OCH3 is 1. The molecule has 3 rings (SSSR count). The molecule has 0 aliphatic carbocycles. The van der Waals surface area contributed by atoms with Gasteiger partial charge in [0, 0.05) is 39.8 Å². The first-order valence-electron chi connectivity index (χ1n) is 9.58. The van der Waals surface area contributed by atoms with Gasteiger partial charge in [-0.2, -0.15) is 0 Å². The minimum atomic E-state index is -2.97. The number of alkyl halides is 2. The summed E-state index contributed by atoms with van der Waals surface area (Å²) < 4.78 is 39.4. The van der Waals surface area contributed by atoms with Crippen molar-refractivity contribution in [3.8, 4) is 0 Å². The van der Waals surface area contributed by atoms with Gasteiger partial charge >= 0.3 is 6.03 Å². The van der Waals surface area contributed by atoms with Crippen molar-refractivity contribution in [1.82, 2.24) is 30.1 Å². The topological polar surface area (TPSA) is 102 Å². The highest BCUT2D eigenvalue weighted by Gasteiger charge is 2.47. The molecule has 0 aromatic carbocycles. The first-order valence-corrected chi connectivity index (χ1v) is 9.58. The van der Waals surface area contributed by atoms with Crippen molar-refractivity contribution in [1.29, 1.82) is 0 Å². The van der Waals surface area contributed by atoms with Gasteiger partial charge in [-0.15, -0.1) is 5.10 Å². The number of hydrogen-bond acceptors (Lipinski definition) is 6. The fourth-order valence-corrected chi connectivity index (χ4v) is 3.44. The van der Waals surface area contributed by atoms with Crippen molar-refractivity contribution in [2.24, 2.45) is 0 Å². The van der Waals surface area contributed by atoms with Crippen LogP contribution in [0.25, 0.3) is 0 Å². The van der Waals surface area contributed by atoms with Gasteiger partial charge in [-0.05, 0) is 6.42 Å². The number of likely N-dealkylation sites (tertiary alicyclic amines) is 1. The molecule has 1 atom stereocenters. The Morgan fingerprint density at radius 1 is 1.38 bits per heavy atom. The summed E-state index contributed by atoms with van der Waals surface area (Å²) in [4.78, 5) is 27.5. The predicted octanol–water partition coefficient (Wildman–Crippen LogP) is 0.206. The van der Waals surface area contributed by atoms with Crippen molar-refractivity contribution in [2.45, 2.75) is 31.4 Å². The molecule has 0 radical (unpaired) electrons. The average molecular weight is 416 g/mol. The summed E-state index contributed by atoms with van der Waals surface area (Å²) >= 11 is 0. The van der Waals surface area contributed by atoms with Gasteiger partial charge < -0.3 is 24.6 Å². The van der Waals surface area contributed by atoms with Crippen molar-refractivity contribution in [3.05, 3.63) is 11.9 Å². The lowest BCUT2D eigenvalue weighted by molar-refractivity contribution is 0.0145. The van der Waals surface area contributed by atoms with Gasteiger partial charge in [0.05, 0.1) is 38.5 Å². The van der Waals surface area contributed by atoms with Crippen LogP contribution in [0.5, 0.6) is 0 Å². The Morgan fingerprint density at radius 3 is 2.86 bits per heavy atom. The summed E-state index contributed by atoms with van der Waals surface area (Å²) in [5.74, 6) is -3.24. The third kappa shape index (κ3) is 5.60. The van der Waals surface area contributed by atoms with Crippen LogP contribution in [-0.4, -0.2) is 102 Å². The lowest BCUT2D eigenvalue weighted by Gasteiger charge is -2.25. The molecule has 0 saturated carbocycles. The van der Waals surface area contributed by atoms with Crippen molar-refractivity contribution < 1.29 is 27.8 Å². The average Bonchev–Trinajstić information content (AvgIpc) is 3.29. The number of halogens is 2. The number of morpholine rings is 1. The van der Waals surface area contributed by atoms with Crippen LogP contribution in [0.2, 0.25) is 0 Å². The number of amides is 3. The Bertz CT molecular complexity index is 710. The zero-order chi connectivity index (χ0) is 20.9. The highest BCUT2D eigenvalue weighted by Crippen LogP contribution is 2.32. The first kappa shape index (κ1) is 21.4. The molecular weight excluding hydrogens is 390 g/mol. The van der Waals surface area contributed by atoms with Gasteiger partial charge in [0.2, 0.25) is 0 Å². The first-order chi connectivity index (χ1) is 13.9. The lowest BCUT2D eigenvalue weighted by Crippen LogP contribution is -2.45. The van der Waals surface area contributed by atoms with E-state index < -0.39 is 31.0 Å². The molecule has 2 aliphatic rings. The third-order valence-electron chi connectivity index (χ3n) is 4.89. The summed E-state index contributed by atoms with van der Waals surface area (Å²) in [5, 5.41) is 10.4. The van der Waals surface area contributed by atoms with Crippen molar-refractivity contribution in [2.75, 3.05) is 53.1 Å². The maximum absolute atomic E-state index is 14.0. The van der Waals surface area contributed by atoms with Gasteiger partial charge in [0.25, 0.3) is 11.8 Å². The van der Waals surface area contributed by atoms with Crippen molar-refractivity contribution in [3.63, 3.8) is 0 Å². The second kappa shape index (κ2) is 9.44. The largest absolute Gasteiger partial charge is 0.385 e. The third-order valence-corrected chi connectivity index (χ3v) is 4.89. The Balaban J connectivity index is 1.60. The zero-order valence-electron chi connectivity index (χ0n) is 16.4. The zero-order valence-corrected chi connectivity index (χ0v) is 16.4. The maximum Gasteiger partial charge on any atom is 0.317 e. The Hall–Kier alpha value is -2.34. The molecule has 0 spiro atoms. The molecule has 29 heavy (non-hydrogen) atoms. The summed E-state index contributed by atoms with van der Waals surface area (Å²) in [6.07, 6.45) is 1.56. The van der Waals surface area contributed by atoms with E-state index >= 15 is 0 Å². The summed E-state index contributed by atoms with van der Waals surface area (Å²) in [6, 6.07) is -1.30. The van der Waals surface area contributed by atoms with E-state index in [1.54, 1.807) is 12.0 Å². The number of rotatable bonds is 7. The molecule has 1 aromatic heterocycles. The molecule has 12 heteroatoms. The minimum absolute atomic E-state index is 0.0322. The number of urea groups is 1. The molecule has 2 fully saturated rings. The van der Waals surface area contributed by atoms with Crippen LogP contribution in [0.15, 0.2) is 6.20 Å². The summed E-state index contributed by atoms with van der Waals surface area (Å²) in [7, 11) is 1.55. The smallest absolute Gasteiger partial charge is 0.317 e. The fraction of sp³-hybridized carbons (Fsp3) is 0.765. The quantitative estimate of drug-likeness (QED) is 0.638. The van der Waals surface area contributed by atoms with Crippen LogP contribution in [-0.2, 0) is 16.0 Å². The molecule has 2 saturated heterocycles. The number of ether oxygens (including phenoxy) is 2. The lowest BCUT2D eigenvalue weighted by atomic mass is 10.2. The number of nitrogens with zero attached hydrogens (tertiary/aromatic N) is 5. The van der Waals surface area contributed by atoms with Crippen LogP contribution in [0.4, 0.5) is 13.6 Å². The van der Waals surface area contributed by atoms with Crippen molar-refractivity contribution >= 4 is 11.9 Å². The van der Waals surface area contributed by atoms with Gasteiger partial charge in [-0.25, -0.2) is 18.3 Å². The van der Waals surface area contributed by atoms with Gasteiger partial charge in [-0.3, -0.25) is 4.79 Å². The predicted molar refractivity (Wildman–Crippen MR) is 96.7 cm³/mol. The molecule has 1 N–H and O–H groups in total. The Kier molecular flexibility index (Phi) is 6.96. The van der Waals surface area contributed by atoms with E-state index in [0.29, 0.717) is 45.9 Å². The van der Waals surface area contributed by atoms with E-state index in [0.717, 1.165) is 4.90 Å². The normalized spacial score (nSPS) is 21.4. The molecule has 3 heterocycles. The number of aromatic nitrogens is 3.